The molecule has 0 bridgehead atoms. The monoisotopic (exact) mass is 540 g/mol. The summed E-state index contributed by atoms with van der Waals surface area (Å²) in [4.78, 5) is 11.4. The molecular formula is C28H34Cl2N6O. The van der Waals surface area contributed by atoms with Crippen LogP contribution >= 0.6 is 23.2 Å². The number of allylic oxidation sites excluding steroid dienone is 1. The molecule has 1 aromatic heterocycles. The number of rotatable bonds is 7. The number of hydrogen-bond acceptors (Lipinski definition) is 5. The third-order valence-electron chi connectivity index (χ3n) is 6.79. The van der Waals surface area contributed by atoms with Crippen LogP contribution in [0.15, 0.2) is 48.5 Å². The number of aromatic nitrogens is 4. The molecule has 1 atom stereocenters. The third-order valence-corrected chi connectivity index (χ3v) is 7.35. The maximum Gasteiger partial charge on any atom is 0.221 e. The molecule has 1 saturated carbocycles. The summed E-state index contributed by atoms with van der Waals surface area (Å²) in [7, 11) is 0. The van der Waals surface area contributed by atoms with Gasteiger partial charge in [0.15, 0.2) is 5.82 Å². The zero-order valence-electron chi connectivity index (χ0n) is 21.8. The Balaban J connectivity index is 1.70. The van der Waals surface area contributed by atoms with Crippen LogP contribution in [0.4, 0.5) is 11.4 Å². The predicted octanol–water partition coefficient (Wildman–Crippen LogP) is 7.51. The highest BCUT2D eigenvalue weighted by atomic mass is 35.5. The zero-order chi connectivity index (χ0) is 26.6. The van der Waals surface area contributed by atoms with E-state index in [1.165, 1.54) is 13.3 Å². The number of carbonyl (C=O) groups excluding carboxylic acids is 1. The zero-order valence-corrected chi connectivity index (χ0v) is 23.3. The second-order valence-corrected chi connectivity index (χ2v) is 11.7. The number of benzene rings is 2. The Labute approximate surface area is 228 Å². The molecule has 9 heteroatoms. The minimum absolute atomic E-state index is 0.0928. The standard InChI is InChI=1S/C28H34Cl2N6O/c1-19(37)31-22-11-13-23(14-12-22)32-28(16-6-5-7-17-28)26-33-34-35-36(26)25(27(2,3)4)15-9-20-8-10-21(29)18-24(20)30/h8-15,18,25,32H,5-7,16-17H2,1-4H3,(H,31,37). The molecule has 37 heavy (non-hydrogen) atoms. The van der Waals surface area contributed by atoms with Crippen LogP contribution in [-0.2, 0) is 10.3 Å². The van der Waals surface area contributed by atoms with Gasteiger partial charge in [0.2, 0.25) is 5.91 Å². The second-order valence-electron chi connectivity index (χ2n) is 10.8. The summed E-state index contributed by atoms with van der Waals surface area (Å²) in [6, 6.07) is 13.1. The summed E-state index contributed by atoms with van der Waals surface area (Å²) in [6.07, 6.45) is 9.33. The van der Waals surface area contributed by atoms with Crippen LogP contribution in [0, 0.1) is 5.41 Å². The van der Waals surface area contributed by atoms with Crippen LogP contribution in [0.25, 0.3) is 6.08 Å². The highest BCUT2D eigenvalue weighted by Crippen LogP contribution is 2.42. The van der Waals surface area contributed by atoms with Gasteiger partial charge < -0.3 is 10.6 Å². The summed E-state index contributed by atoms with van der Waals surface area (Å²) in [5, 5.41) is 21.0. The molecule has 7 nitrogen and oxygen atoms in total. The van der Waals surface area contributed by atoms with Gasteiger partial charge in [0, 0.05) is 28.3 Å². The summed E-state index contributed by atoms with van der Waals surface area (Å²) in [5.41, 5.74) is 2.03. The van der Waals surface area contributed by atoms with Gasteiger partial charge in [0.25, 0.3) is 0 Å². The number of nitrogens with zero attached hydrogens (tertiary/aromatic N) is 4. The van der Waals surface area contributed by atoms with Crippen molar-refractivity contribution in [3.05, 3.63) is 70.0 Å². The number of anilines is 2. The Morgan fingerprint density at radius 3 is 2.35 bits per heavy atom. The Morgan fingerprint density at radius 1 is 1.05 bits per heavy atom. The molecule has 1 unspecified atom stereocenters. The first kappa shape index (κ1) is 27.1. The molecule has 0 radical (unpaired) electrons. The maximum absolute atomic E-state index is 11.4. The SMILES string of the molecule is CC(=O)Nc1ccc(NC2(c3nnnn3C(C=Cc3ccc(Cl)cc3Cl)C(C)(C)C)CCCCC2)cc1. The van der Waals surface area contributed by atoms with Gasteiger partial charge in [-0.15, -0.1) is 5.10 Å². The summed E-state index contributed by atoms with van der Waals surface area (Å²) >= 11 is 12.5. The van der Waals surface area contributed by atoms with E-state index in [-0.39, 0.29) is 17.4 Å². The fourth-order valence-electron chi connectivity index (χ4n) is 4.94. The topological polar surface area (TPSA) is 84.7 Å². The van der Waals surface area contributed by atoms with Crippen LogP contribution < -0.4 is 10.6 Å². The van der Waals surface area contributed by atoms with Crippen LogP contribution in [0.5, 0.6) is 0 Å². The first-order chi connectivity index (χ1) is 17.6. The molecule has 2 N–H and O–H groups in total. The van der Waals surface area contributed by atoms with Crippen LogP contribution in [0.3, 0.4) is 0 Å². The molecule has 2 aromatic carbocycles. The number of carbonyl (C=O) groups is 1. The molecule has 4 rings (SSSR count). The van der Waals surface area contributed by atoms with Gasteiger partial charge in [-0.1, -0.05) is 81.5 Å². The van der Waals surface area contributed by atoms with Crippen molar-refractivity contribution >= 4 is 46.6 Å². The lowest BCUT2D eigenvalue weighted by molar-refractivity contribution is -0.114. The molecule has 1 heterocycles. The fraction of sp³-hybridized carbons (Fsp3) is 0.429. The Bertz CT molecular complexity index is 1260. The predicted molar refractivity (Wildman–Crippen MR) is 151 cm³/mol. The largest absolute Gasteiger partial charge is 0.373 e. The van der Waals surface area contributed by atoms with E-state index in [4.69, 9.17) is 23.2 Å². The number of hydrogen-bond donors (Lipinski definition) is 2. The normalized spacial score (nSPS) is 16.5. The Hall–Kier alpha value is -2.90. The first-order valence-electron chi connectivity index (χ1n) is 12.6. The van der Waals surface area contributed by atoms with Crippen molar-refractivity contribution in [2.24, 2.45) is 5.41 Å². The van der Waals surface area contributed by atoms with Crippen LogP contribution in [0.2, 0.25) is 10.0 Å². The van der Waals surface area contributed by atoms with Gasteiger partial charge in [0.05, 0.1) is 11.6 Å². The van der Waals surface area contributed by atoms with E-state index in [9.17, 15) is 4.79 Å². The molecular weight excluding hydrogens is 507 g/mol. The van der Waals surface area contributed by atoms with Crippen molar-refractivity contribution in [2.75, 3.05) is 10.6 Å². The number of halogens is 2. The van der Waals surface area contributed by atoms with Gasteiger partial charge in [-0.25, -0.2) is 4.68 Å². The van der Waals surface area contributed by atoms with Crippen molar-refractivity contribution in [2.45, 2.75) is 71.4 Å². The Kier molecular flexibility index (Phi) is 8.24. The average Bonchev–Trinajstić information content (AvgIpc) is 3.31. The van der Waals surface area contributed by atoms with E-state index in [1.807, 2.05) is 47.2 Å². The van der Waals surface area contributed by atoms with Gasteiger partial charge >= 0.3 is 0 Å². The van der Waals surface area contributed by atoms with E-state index in [0.29, 0.717) is 10.0 Å². The van der Waals surface area contributed by atoms with E-state index in [2.05, 4.69) is 53.0 Å². The molecule has 1 fully saturated rings. The number of amides is 1. The molecule has 1 aliphatic carbocycles. The minimum Gasteiger partial charge on any atom is -0.373 e. The van der Waals surface area contributed by atoms with Gasteiger partial charge in [-0.2, -0.15) is 0 Å². The highest BCUT2D eigenvalue weighted by Gasteiger charge is 2.41. The third kappa shape index (κ3) is 6.51. The molecule has 1 amide bonds. The lowest BCUT2D eigenvalue weighted by atomic mass is 9.79. The average molecular weight is 542 g/mol. The number of tetrazole rings is 1. The summed E-state index contributed by atoms with van der Waals surface area (Å²) in [5.74, 6) is 0.731. The number of nitrogens with one attached hydrogen (secondary N) is 2. The van der Waals surface area contributed by atoms with Crippen molar-refractivity contribution < 1.29 is 4.79 Å². The van der Waals surface area contributed by atoms with Crippen LogP contribution in [0.1, 0.15) is 77.2 Å². The van der Waals surface area contributed by atoms with E-state index in [1.54, 1.807) is 6.07 Å². The fourth-order valence-corrected chi connectivity index (χ4v) is 5.41. The summed E-state index contributed by atoms with van der Waals surface area (Å²) in [6.45, 7) is 8.04. The molecule has 196 valence electrons. The lowest BCUT2D eigenvalue weighted by Gasteiger charge is -2.39. The van der Waals surface area contributed by atoms with Gasteiger partial charge in [0.1, 0.15) is 0 Å². The second kappa shape index (κ2) is 11.2. The lowest BCUT2D eigenvalue weighted by Crippen LogP contribution is -2.42. The summed E-state index contributed by atoms with van der Waals surface area (Å²) < 4.78 is 1.96. The molecule has 3 aromatic rings. The van der Waals surface area contributed by atoms with Gasteiger partial charge in [-0.05, 0) is 70.6 Å². The van der Waals surface area contributed by atoms with Crippen molar-refractivity contribution in [1.82, 2.24) is 20.2 Å². The van der Waals surface area contributed by atoms with Gasteiger partial charge in [-0.3, -0.25) is 4.79 Å². The van der Waals surface area contributed by atoms with E-state index in [0.717, 1.165) is 48.4 Å². The molecule has 0 spiro atoms. The Morgan fingerprint density at radius 2 is 1.73 bits per heavy atom. The van der Waals surface area contributed by atoms with E-state index < -0.39 is 5.54 Å². The quantitative estimate of drug-likeness (QED) is 0.323. The highest BCUT2D eigenvalue weighted by molar-refractivity contribution is 6.35. The van der Waals surface area contributed by atoms with Crippen molar-refractivity contribution in [3.8, 4) is 0 Å². The smallest absolute Gasteiger partial charge is 0.221 e. The minimum atomic E-state index is -0.410. The molecule has 0 aliphatic heterocycles. The van der Waals surface area contributed by atoms with Crippen molar-refractivity contribution in [1.29, 1.82) is 0 Å². The van der Waals surface area contributed by atoms with Crippen molar-refractivity contribution in [3.63, 3.8) is 0 Å². The molecule has 0 saturated heterocycles. The molecule has 1 aliphatic rings. The van der Waals surface area contributed by atoms with Crippen LogP contribution in [-0.4, -0.2) is 26.1 Å². The first-order valence-corrected chi connectivity index (χ1v) is 13.4. The maximum atomic E-state index is 11.4. The van der Waals surface area contributed by atoms with E-state index >= 15 is 0 Å².